The molecule has 1 saturated carbocycles. The minimum atomic E-state index is -0.569. The second-order valence-corrected chi connectivity index (χ2v) is 5.74. The highest BCUT2D eigenvalue weighted by atomic mass is 16.3. The predicted molar refractivity (Wildman–Crippen MR) is 79.6 cm³/mol. The van der Waals surface area contributed by atoms with Crippen LogP contribution in [-0.4, -0.2) is 14.9 Å². The van der Waals surface area contributed by atoms with E-state index in [0.717, 1.165) is 24.1 Å². The highest BCUT2D eigenvalue weighted by Gasteiger charge is 2.21. The molecule has 20 heavy (non-hydrogen) atoms. The van der Waals surface area contributed by atoms with Gasteiger partial charge in [0.05, 0.1) is 6.20 Å². The van der Waals surface area contributed by atoms with Gasteiger partial charge in [0.1, 0.15) is 6.10 Å². The lowest BCUT2D eigenvalue weighted by atomic mass is 9.79. The Labute approximate surface area is 120 Å². The van der Waals surface area contributed by atoms with Crippen LogP contribution in [0.15, 0.2) is 36.7 Å². The van der Waals surface area contributed by atoms with Gasteiger partial charge in [-0.3, -0.25) is 4.68 Å². The third-order valence-corrected chi connectivity index (χ3v) is 4.22. The van der Waals surface area contributed by atoms with E-state index in [0.29, 0.717) is 5.92 Å². The Hall–Kier alpha value is -1.61. The summed E-state index contributed by atoms with van der Waals surface area (Å²) in [4.78, 5) is 0. The van der Waals surface area contributed by atoms with E-state index < -0.39 is 6.10 Å². The third-order valence-electron chi connectivity index (χ3n) is 4.22. The average molecular weight is 270 g/mol. The number of aliphatic hydroxyl groups excluding tert-OH is 1. The van der Waals surface area contributed by atoms with Crippen molar-refractivity contribution in [1.29, 1.82) is 0 Å². The standard InChI is InChI=1S/C17H22N2O/c1-2-9-19-12-16(11-18-19)17(20)15-8-4-7-14(10-15)13-5-3-6-13/h4,7-8,10-13,17,20H,2-3,5-6,9H2,1H3. The van der Waals surface area contributed by atoms with E-state index >= 15 is 0 Å². The number of aromatic nitrogens is 2. The fourth-order valence-corrected chi connectivity index (χ4v) is 2.79. The van der Waals surface area contributed by atoms with E-state index in [2.05, 4.69) is 30.2 Å². The number of hydrogen-bond donors (Lipinski definition) is 1. The summed E-state index contributed by atoms with van der Waals surface area (Å²) in [7, 11) is 0. The highest BCUT2D eigenvalue weighted by molar-refractivity contribution is 5.33. The molecular formula is C17H22N2O. The van der Waals surface area contributed by atoms with Crippen molar-refractivity contribution in [3.8, 4) is 0 Å². The van der Waals surface area contributed by atoms with Gasteiger partial charge in [-0.05, 0) is 36.3 Å². The van der Waals surface area contributed by atoms with Gasteiger partial charge < -0.3 is 5.11 Å². The topological polar surface area (TPSA) is 38.0 Å². The molecule has 1 aromatic carbocycles. The van der Waals surface area contributed by atoms with E-state index in [-0.39, 0.29) is 0 Å². The summed E-state index contributed by atoms with van der Waals surface area (Å²) in [6, 6.07) is 8.40. The number of benzene rings is 1. The second kappa shape index (κ2) is 5.80. The van der Waals surface area contributed by atoms with Gasteiger partial charge in [-0.25, -0.2) is 0 Å². The zero-order chi connectivity index (χ0) is 13.9. The molecule has 1 N–H and O–H groups in total. The van der Waals surface area contributed by atoms with Gasteiger partial charge in [0.15, 0.2) is 0 Å². The molecule has 106 valence electrons. The van der Waals surface area contributed by atoms with Crippen molar-refractivity contribution in [2.24, 2.45) is 0 Å². The van der Waals surface area contributed by atoms with Crippen molar-refractivity contribution >= 4 is 0 Å². The highest BCUT2D eigenvalue weighted by Crippen LogP contribution is 2.37. The Bertz CT molecular complexity index is 572. The number of aryl methyl sites for hydroxylation is 1. The van der Waals surface area contributed by atoms with Gasteiger partial charge in [-0.2, -0.15) is 5.10 Å². The van der Waals surface area contributed by atoms with Crippen LogP contribution < -0.4 is 0 Å². The molecular weight excluding hydrogens is 248 g/mol. The summed E-state index contributed by atoms with van der Waals surface area (Å²) < 4.78 is 1.90. The summed E-state index contributed by atoms with van der Waals surface area (Å²) in [6.07, 6.45) is 8.11. The van der Waals surface area contributed by atoms with Crippen molar-refractivity contribution in [1.82, 2.24) is 9.78 Å². The molecule has 2 aromatic rings. The van der Waals surface area contributed by atoms with Crippen LogP contribution in [0.2, 0.25) is 0 Å². The van der Waals surface area contributed by atoms with Crippen LogP contribution in [0, 0.1) is 0 Å². The van der Waals surface area contributed by atoms with Crippen molar-refractivity contribution in [3.63, 3.8) is 0 Å². The van der Waals surface area contributed by atoms with Crippen LogP contribution in [0.25, 0.3) is 0 Å². The van der Waals surface area contributed by atoms with Crippen LogP contribution >= 0.6 is 0 Å². The molecule has 1 aliphatic rings. The van der Waals surface area contributed by atoms with Gasteiger partial charge in [0.25, 0.3) is 0 Å². The molecule has 1 unspecified atom stereocenters. The Balaban J connectivity index is 1.79. The number of hydrogen-bond acceptors (Lipinski definition) is 2. The minimum Gasteiger partial charge on any atom is -0.384 e. The van der Waals surface area contributed by atoms with E-state index in [4.69, 9.17) is 0 Å². The molecule has 3 rings (SSSR count). The number of nitrogens with zero attached hydrogens (tertiary/aromatic N) is 2. The van der Waals surface area contributed by atoms with Crippen LogP contribution in [-0.2, 0) is 6.54 Å². The summed E-state index contributed by atoms with van der Waals surface area (Å²) in [5.41, 5.74) is 3.23. The fourth-order valence-electron chi connectivity index (χ4n) is 2.79. The average Bonchev–Trinajstić information content (AvgIpc) is 2.85. The molecule has 1 heterocycles. The largest absolute Gasteiger partial charge is 0.384 e. The first-order valence-corrected chi connectivity index (χ1v) is 7.58. The van der Waals surface area contributed by atoms with Crippen LogP contribution in [0.3, 0.4) is 0 Å². The van der Waals surface area contributed by atoms with Gasteiger partial charge in [0, 0.05) is 18.3 Å². The number of aliphatic hydroxyl groups is 1. The Morgan fingerprint density at radius 3 is 2.90 bits per heavy atom. The maximum atomic E-state index is 10.5. The molecule has 0 radical (unpaired) electrons. The van der Waals surface area contributed by atoms with Crippen molar-refractivity contribution in [3.05, 3.63) is 53.3 Å². The minimum absolute atomic E-state index is 0.569. The van der Waals surface area contributed by atoms with Crippen molar-refractivity contribution in [2.45, 2.75) is 51.2 Å². The monoisotopic (exact) mass is 270 g/mol. The first-order valence-electron chi connectivity index (χ1n) is 7.58. The molecule has 1 atom stereocenters. The van der Waals surface area contributed by atoms with E-state index in [1.54, 1.807) is 6.20 Å². The molecule has 0 amide bonds. The van der Waals surface area contributed by atoms with Gasteiger partial charge in [-0.1, -0.05) is 37.6 Å². The third kappa shape index (κ3) is 2.63. The van der Waals surface area contributed by atoms with E-state index in [1.165, 1.54) is 24.8 Å². The lowest BCUT2D eigenvalue weighted by molar-refractivity contribution is 0.220. The maximum Gasteiger partial charge on any atom is 0.107 e. The van der Waals surface area contributed by atoms with E-state index in [1.807, 2.05) is 16.9 Å². The first-order chi connectivity index (χ1) is 9.78. The van der Waals surface area contributed by atoms with Gasteiger partial charge >= 0.3 is 0 Å². The SMILES string of the molecule is CCCn1cc(C(O)c2cccc(C3CCC3)c2)cn1. The van der Waals surface area contributed by atoms with Crippen LogP contribution in [0.4, 0.5) is 0 Å². The Morgan fingerprint density at radius 1 is 1.35 bits per heavy atom. The molecule has 1 aliphatic carbocycles. The lowest BCUT2D eigenvalue weighted by Gasteiger charge is -2.26. The van der Waals surface area contributed by atoms with Crippen LogP contribution in [0.1, 0.15) is 61.3 Å². The second-order valence-electron chi connectivity index (χ2n) is 5.74. The molecule has 1 aromatic heterocycles. The lowest BCUT2D eigenvalue weighted by Crippen LogP contribution is -2.09. The van der Waals surface area contributed by atoms with Crippen LogP contribution in [0.5, 0.6) is 0 Å². The Kier molecular flexibility index (Phi) is 3.88. The molecule has 1 fully saturated rings. The molecule has 0 spiro atoms. The summed E-state index contributed by atoms with van der Waals surface area (Å²) in [5.74, 6) is 0.699. The normalized spacial score (nSPS) is 16.9. The summed E-state index contributed by atoms with van der Waals surface area (Å²) in [5, 5.41) is 14.8. The quantitative estimate of drug-likeness (QED) is 0.900. The summed E-state index contributed by atoms with van der Waals surface area (Å²) in [6.45, 7) is 3.02. The molecule has 0 bridgehead atoms. The zero-order valence-electron chi connectivity index (χ0n) is 12.0. The molecule has 3 nitrogen and oxygen atoms in total. The van der Waals surface area contributed by atoms with Gasteiger partial charge in [-0.15, -0.1) is 0 Å². The predicted octanol–water partition coefficient (Wildman–Crippen LogP) is 3.64. The smallest absolute Gasteiger partial charge is 0.107 e. The Morgan fingerprint density at radius 2 is 2.20 bits per heavy atom. The maximum absolute atomic E-state index is 10.5. The van der Waals surface area contributed by atoms with Crippen molar-refractivity contribution < 1.29 is 5.11 Å². The van der Waals surface area contributed by atoms with Gasteiger partial charge in [0.2, 0.25) is 0 Å². The number of rotatable bonds is 5. The zero-order valence-corrected chi connectivity index (χ0v) is 12.0. The van der Waals surface area contributed by atoms with E-state index in [9.17, 15) is 5.11 Å². The van der Waals surface area contributed by atoms with Crippen molar-refractivity contribution in [2.75, 3.05) is 0 Å². The molecule has 0 aliphatic heterocycles. The molecule has 3 heteroatoms. The summed E-state index contributed by atoms with van der Waals surface area (Å²) >= 11 is 0. The molecule has 0 saturated heterocycles. The first kappa shape index (κ1) is 13.4. The fraction of sp³-hybridized carbons (Fsp3) is 0.471.